The van der Waals surface area contributed by atoms with Crippen LogP contribution >= 0.6 is 0 Å². The van der Waals surface area contributed by atoms with E-state index in [-0.39, 0.29) is 19.0 Å². The number of ether oxygens (including phenoxy) is 2. The highest BCUT2D eigenvalue weighted by atomic mass is 19.1. The first kappa shape index (κ1) is 11.3. The molecule has 0 aliphatic carbocycles. The van der Waals surface area contributed by atoms with Gasteiger partial charge in [0.1, 0.15) is 24.8 Å². The summed E-state index contributed by atoms with van der Waals surface area (Å²) in [6.07, 6.45) is -0.838. The van der Waals surface area contributed by atoms with E-state index in [1.165, 1.54) is 18.2 Å². The Kier molecular flexibility index (Phi) is 3.91. The van der Waals surface area contributed by atoms with Crippen LogP contribution in [0, 0.1) is 12.7 Å². The van der Waals surface area contributed by atoms with Crippen molar-refractivity contribution in [3.63, 3.8) is 0 Å². The number of rotatable bonds is 4. The quantitative estimate of drug-likeness (QED) is 0.773. The molecule has 4 nitrogen and oxygen atoms in total. The van der Waals surface area contributed by atoms with E-state index >= 15 is 0 Å². The second kappa shape index (κ2) is 5.19. The summed E-state index contributed by atoms with van der Waals surface area (Å²) < 4.78 is 22.4. The molecule has 0 radical (unpaired) electrons. The van der Waals surface area contributed by atoms with Gasteiger partial charge in [-0.1, -0.05) is 0 Å². The third kappa shape index (κ3) is 3.84. The van der Waals surface area contributed by atoms with Gasteiger partial charge in [-0.2, -0.15) is 0 Å². The van der Waals surface area contributed by atoms with Crippen LogP contribution in [0.1, 0.15) is 5.56 Å². The van der Waals surface area contributed by atoms with Crippen molar-refractivity contribution < 1.29 is 18.7 Å². The van der Waals surface area contributed by atoms with Gasteiger partial charge in [-0.05, 0) is 30.7 Å². The van der Waals surface area contributed by atoms with Gasteiger partial charge in [0.25, 0.3) is 0 Å². The van der Waals surface area contributed by atoms with E-state index in [9.17, 15) is 9.18 Å². The molecule has 1 amide bonds. The first-order valence-corrected chi connectivity index (χ1v) is 4.41. The molecule has 1 aromatic carbocycles. The average molecular weight is 213 g/mol. The molecule has 0 bridgehead atoms. The lowest BCUT2D eigenvalue weighted by Gasteiger charge is -2.08. The van der Waals surface area contributed by atoms with Crippen molar-refractivity contribution in [2.45, 2.75) is 6.92 Å². The molecule has 15 heavy (non-hydrogen) atoms. The van der Waals surface area contributed by atoms with Crippen LogP contribution in [0.25, 0.3) is 0 Å². The first-order chi connectivity index (χ1) is 7.09. The maximum atomic E-state index is 12.7. The smallest absolute Gasteiger partial charge is 0.404 e. The molecule has 0 unspecified atom stereocenters. The number of hydrogen-bond acceptors (Lipinski definition) is 3. The Hall–Kier alpha value is -1.78. The monoisotopic (exact) mass is 213 g/mol. The summed E-state index contributed by atoms with van der Waals surface area (Å²) in [5.74, 6) is 0.248. The lowest BCUT2D eigenvalue weighted by atomic mass is 10.2. The number of nitrogens with two attached hydrogens (primary N) is 1. The SMILES string of the molecule is Cc1cc(F)ccc1OCCOC(N)=O. The van der Waals surface area contributed by atoms with Crippen LogP contribution in [0.5, 0.6) is 5.75 Å². The van der Waals surface area contributed by atoms with Crippen molar-refractivity contribution in [1.29, 1.82) is 0 Å². The summed E-state index contributed by atoms with van der Waals surface area (Å²) in [6, 6.07) is 4.19. The highest BCUT2D eigenvalue weighted by Crippen LogP contribution is 2.17. The number of primary amides is 1. The minimum Gasteiger partial charge on any atom is -0.490 e. The molecule has 0 fully saturated rings. The van der Waals surface area contributed by atoms with Crippen LogP contribution in [-0.2, 0) is 4.74 Å². The fourth-order valence-electron chi connectivity index (χ4n) is 1.07. The minimum atomic E-state index is -0.838. The Morgan fingerprint density at radius 1 is 1.47 bits per heavy atom. The second-order valence-corrected chi connectivity index (χ2v) is 2.93. The van der Waals surface area contributed by atoms with E-state index in [2.05, 4.69) is 4.74 Å². The summed E-state index contributed by atoms with van der Waals surface area (Å²) in [5.41, 5.74) is 5.44. The first-order valence-electron chi connectivity index (χ1n) is 4.41. The van der Waals surface area contributed by atoms with Crippen molar-refractivity contribution in [3.05, 3.63) is 29.6 Å². The van der Waals surface area contributed by atoms with E-state index in [1.807, 2.05) is 0 Å². The predicted molar refractivity (Wildman–Crippen MR) is 52.2 cm³/mol. The number of hydrogen-bond donors (Lipinski definition) is 1. The van der Waals surface area contributed by atoms with Gasteiger partial charge in [0, 0.05) is 0 Å². The number of halogens is 1. The average Bonchev–Trinajstić information content (AvgIpc) is 2.14. The maximum Gasteiger partial charge on any atom is 0.404 e. The van der Waals surface area contributed by atoms with Gasteiger partial charge < -0.3 is 15.2 Å². The van der Waals surface area contributed by atoms with Gasteiger partial charge >= 0.3 is 6.09 Å². The van der Waals surface area contributed by atoms with Crippen molar-refractivity contribution in [3.8, 4) is 5.75 Å². The third-order valence-electron chi connectivity index (χ3n) is 1.72. The minimum absolute atomic E-state index is 0.0755. The molecule has 5 heteroatoms. The van der Waals surface area contributed by atoms with Crippen molar-refractivity contribution in [2.75, 3.05) is 13.2 Å². The number of aryl methyl sites for hydroxylation is 1. The van der Waals surface area contributed by atoms with Gasteiger partial charge in [0.15, 0.2) is 0 Å². The number of amides is 1. The van der Waals surface area contributed by atoms with Gasteiger partial charge in [-0.15, -0.1) is 0 Å². The molecule has 0 aromatic heterocycles. The van der Waals surface area contributed by atoms with E-state index in [0.717, 1.165) is 0 Å². The van der Waals surface area contributed by atoms with Gasteiger partial charge in [0.2, 0.25) is 0 Å². The molecular weight excluding hydrogens is 201 g/mol. The molecule has 0 saturated heterocycles. The molecule has 0 aliphatic rings. The van der Waals surface area contributed by atoms with Crippen LogP contribution in [0.2, 0.25) is 0 Å². The van der Waals surface area contributed by atoms with Crippen molar-refractivity contribution >= 4 is 6.09 Å². The van der Waals surface area contributed by atoms with Crippen LogP contribution in [-0.4, -0.2) is 19.3 Å². The molecule has 2 N–H and O–H groups in total. The third-order valence-corrected chi connectivity index (χ3v) is 1.72. The maximum absolute atomic E-state index is 12.7. The fraction of sp³-hybridized carbons (Fsp3) is 0.300. The molecule has 0 atom stereocenters. The van der Waals surface area contributed by atoms with E-state index in [4.69, 9.17) is 10.5 Å². The van der Waals surface area contributed by atoms with Gasteiger partial charge in [-0.3, -0.25) is 0 Å². The molecule has 82 valence electrons. The van der Waals surface area contributed by atoms with E-state index in [0.29, 0.717) is 11.3 Å². The Labute approximate surface area is 86.8 Å². The zero-order valence-electron chi connectivity index (χ0n) is 8.33. The Balaban J connectivity index is 2.40. The number of carbonyl (C=O) groups excluding carboxylic acids is 1. The Bertz CT molecular complexity index is 355. The largest absolute Gasteiger partial charge is 0.490 e. The highest BCUT2D eigenvalue weighted by Gasteiger charge is 2.01. The highest BCUT2D eigenvalue weighted by molar-refractivity contribution is 5.64. The molecule has 0 heterocycles. The molecular formula is C10H12FNO3. The number of carbonyl (C=O) groups is 1. The Morgan fingerprint density at radius 2 is 2.20 bits per heavy atom. The number of benzene rings is 1. The van der Waals surface area contributed by atoms with Crippen LogP contribution in [0.3, 0.4) is 0 Å². The van der Waals surface area contributed by atoms with Crippen LogP contribution < -0.4 is 10.5 Å². The van der Waals surface area contributed by atoms with Crippen molar-refractivity contribution in [1.82, 2.24) is 0 Å². The predicted octanol–water partition coefficient (Wildman–Crippen LogP) is 1.61. The normalized spacial score (nSPS) is 9.73. The molecule has 1 rings (SSSR count). The Morgan fingerprint density at radius 3 is 2.80 bits per heavy atom. The molecule has 1 aromatic rings. The van der Waals surface area contributed by atoms with Crippen LogP contribution in [0.15, 0.2) is 18.2 Å². The zero-order valence-corrected chi connectivity index (χ0v) is 8.33. The standard InChI is InChI=1S/C10H12FNO3/c1-7-6-8(11)2-3-9(7)14-4-5-15-10(12)13/h2-3,6H,4-5H2,1H3,(H2,12,13). The molecule has 0 spiro atoms. The topological polar surface area (TPSA) is 61.6 Å². The summed E-state index contributed by atoms with van der Waals surface area (Å²) in [6.45, 7) is 1.99. The summed E-state index contributed by atoms with van der Waals surface area (Å²) in [5, 5.41) is 0. The zero-order chi connectivity index (χ0) is 11.3. The molecule has 0 saturated carbocycles. The van der Waals surface area contributed by atoms with Gasteiger partial charge in [-0.25, -0.2) is 9.18 Å². The molecule has 0 aliphatic heterocycles. The lowest BCUT2D eigenvalue weighted by Crippen LogP contribution is -2.17. The second-order valence-electron chi connectivity index (χ2n) is 2.93. The lowest BCUT2D eigenvalue weighted by molar-refractivity contribution is 0.133. The fourth-order valence-corrected chi connectivity index (χ4v) is 1.07. The summed E-state index contributed by atoms with van der Waals surface area (Å²) >= 11 is 0. The van der Waals surface area contributed by atoms with Crippen LogP contribution in [0.4, 0.5) is 9.18 Å². The summed E-state index contributed by atoms with van der Waals surface area (Å²) in [7, 11) is 0. The van der Waals surface area contributed by atoms with Gasteiger partial charge in [0.05, 0.1) is 0 Å². The summed E-state index contributed by atoms with van der Waals surface area (Å²) in [4.78, 5) is 10.2. The van der Waals surface area contributed by atoms with E-state index < -0.39 is 6.09 Å². The van der Waals surface area contributed by atoms with E-state index in [1.54, 1.807) is 6.92 Å². The van der Waals surface area contributed by atoms with Crippen molar-refractivity contribution in [2.24, 2.45) is 5.73 Å².